The topological polar surface area (TPSA) is 81.7 Å². The summed E-state index contributed by atoms with van der Waals surface area (Å²) in [4.78, 5) is 35.2. The first-order chi connectivity index (χ1) is 10.5. The minimum absolute atomic E-state index is 0.0822. The van der Waals surface area contributed by atoms with Crippen molar-refractivity contribution in [1.29, 1.82) is 0 Å². The van der Waals surface area contributed by atoms with E-state index in [2.05, 4.69) is 10.1 Å². The van der Waals surface area contributed by atoms with Crippen LogP contribution in [0.2, 0.25) is 0 Å². The van der Waals surface area contributed by atoms with Gasteiger partial charge in [0.25, 0.3) is 5.91 Å². The number of hydrogen-bond donors (Lipinski definition) is 1. The third kappa shape index (κ3) is 5.20. The number of benzene rings is 1. The summed E-state index contributed by atoms with van der Waals surface area (Å²) in [6.45, 7) is 3.29. The average molecular weight is 307 g/mol. The molecule has 22 heavy (non-hydrogen) atoms. The molecule has 0 aliphatic rings. The molecule has 0 bridgehead atoms. The molecule has 6 nitrogen and oxygen atoms in total. The number of hydrogen-bond acceptors (Lipinski definition) is 5. The van der Waals surface area contributed by atoms with Crippen LogP contribution in [0.4, 0.5) is 0 Å². The van der Waals surface area contributed by atoms with Gasteiger partial charge in [0.05, 0.1) is 12.7 Å². The predicted molar refractivity (Wildman–Crippen MR) is 80.1 cm³/mol. The van der Waals surface area contributed by atoms with E-state index in [1.807, 2.05) is 13.8 Å². The van der Waals surface area contributed by atoms with Gasteiger partial charge in [-0.2, -0.15) is 0 Å². The number of ether oxygens (including phenoxy) is 2. The normalized spacial score (nSPS) is 12.9. The first-order valence-corrected chi connectivity index (χ1v) is 7.09. The molecule has 0 heterocycles. The molecule has 6 heteroatoms. The van der Waals surface area contributed by atoms with Crippen LogP contribution in [-0.2, 0) is 19.1 Å². The van der Waals surface area contributed by atoms with Crippen molar-refractivity contribution in [3.63, 3.8) is 0 Å². The Bertz CT molecular complexity index is 515. The highest BCUT2D eigenvalue weighted by Gasteiger charge is 2.26. The lowest BCUT2D eigenvalue weighted by atomic mass is 9.99. The Morgan fingerprint density at radius 2 is 1.82 bits per heavy atom. The Balaban J connectivity index is 2.54. The molecule has 120 valence electrons. The smallest absolute Gasteiger partial charge is 0.338 e. The molecule has 0 aliphatic carbocycles. The van der Waals surface area contributed by atoms with Crippen LogP contribution in [0.5, 0.6) is 0 Å². The van der Waals surface area contributed by atoms with E-state index in [0.29, 0.717) is 12.0 Å². The van der Waals surface area contributed by atoms with E-state index in [4.69, 9.17) is 4.74 Å². The number of carbonyl (C=O) groups is 3. The highest BCUT2D eigenvalue weighted by atomic mass is 16.5. The average Bonchev–Trinajstić information content (AvgIpc) is 2.56. The van der Waals surface area contributed by atoms with Crippen LogP contribution in [0.15, 0.2) is 30.3 Å². The SMILES string of the molecule is CC[C@H](C)[C@H](NC(=O)COC(=O)c1ccccc1)C(=O)OC. The van der Waals surface area contributed by atoms with Crippen LogP contribution in [0.25, 0.3) is 0 Å². The first kappa shape index (κ1) is 17.7. The number of methoxy groups -OCH3 is 1. The van der Waals surface area contributed by atoms with Gasteiger partial charge in [0, 0.05) is 0 Å². The molecule has 0 saturated carbocycles. The van der Waals surface area contributed by atoms with Crippen molar-refractivity contribution in [1.82, 2.24) is 5.32 Å². The third-order valence-corrected chi connectivity index (χ3v) is 3.33. The van der Waals surface area contributed by atoms with E-state index in [-0.39, 0.29) is 5.92 Å². The molecular weight excluding hydrogens is 286 g/mol. The molecule has 0 unspecified atom stereocenters. The number of amides is 1. The summed E-state index contributed by atoms with van der Waals surface area (Å²) in [5.74, 6) is -1.73. The van der Waals surface area contributed by atoms with Crippen molar-refractivity contribution in [2.45, 2.75) is 26.3 Å². The van der Waals surface area contributed by atoms with Crippen molar-refractivity contribution in [3.05, 3.63) is 35.9 Å². The fraction of sp³-hybridized carbons (Fsp3) is 0.438. The van der Waals surface area contributed by atoms with Gasteiger partial charge >= 0.3 is 11.9 Å². The molecule has 1 N–H and O–H groups in total. The van der Waals surface area contributed by atoms with Gasteiger partial charge in [-0.25, -0.2) is 9.59 Å². The molecule has 0 radical (unpaired) electrons. The number of rotatable bonds is 7. The second kappa shape index (κ2) is 8.81. The zero-order chi connectivity index (χ0) is 16.5. The van der Waals surface area contributed by atoms with Crippen molar-refractivity contribution in [2.24, 2.45) is 5.92 Å². The maximum Gasteiger partial charge on any atom is 0.338 e. The van der Waals surface area contributed by atoms with Gasteiger partial charge in [-0.1, -0.05) is 38.5 Å². The minimum Gasteiger partial charge on any atom is -0.467 e. The van der Waals surface area contributed by atoms with Crippen LogP contribution in [0.1, 0.15) is 30.6 Å². The lowest BCUT2D eigenvalue weighted by Gasteiger charge is -2.21. The van der Waals surface area contributed by atoms with Crippen LogP contribution >= 0.6 is 0 Å². The summed E-state index contributed by atoms with van der Waals surface area (Å²) < 4.78 is 9.58. The summed E-state index contributed by atoms with van der Waals surface area (Å²) >= 11 is 0. The highest BCUT2D eigenvalue weighted by Crippen LogP contribution is 2.09. The van der Waals surface area contributed by atoms with E-state index in [1.54, 1.807) is 30.3 Å². The molecule has 1 aromatic rings. The van der Waals surface area contributed by atoms with Crippen molar-refractivity contribution in [2.75, 3.05) is 13.7 Å². The summed E-state index contributed by atoms with van der Waals surface area (Å²) in [5.41, 5.74) is 0.363. The van der Waals surface area contributed by atoms with Gasteiger partial charge in [0.15, 0.2) is 6.61 Å². The zero-order valence-electron chi connectivity index (χ0n) is 13.0. The molecular formula is C16H21NO5. The van der Waals surface area contributed by atoms with Crippen LogP contribution in [0, 0.1) is 5.92 Å². The summed E-state index contributed by atoms with van der Waals surface area (Å²) in [6, 6.07) is 7.61. The second-order valence-corrected chi connectivity index (χ2v) is 4.90. The minimum atomic E-state index is -0.752. The summed E-state index contributed by atoms with van der Waals surface area (Å²) in [6.07, 6.45) is 0.698. The van der Waals surface area contributed by atoms with Gasteiger partial charge < -0.3 is 14.8 Å². The fourth-order valence-electron chi connectivity index (χ4n) is 1.80. The highest BCUT2D eigenvalue weighted by molar-refractivity contribution is 5.92. The van der Waals surface area contributed by atoms with Crippen molar-refractivity contribution >= 4 is 17.8 Å². The maximum atomic E-state index is 11.8. The van der Waals surface area contributed by atoms with E-state index < -0.39 is 30.5 Å². The second-order valence-electron chi connectivity index (χ2n) is 4.90. The number of carbonyl (C=O) groups excluding carboxylic acids is 3. The van der Waals surface area contributed by atoms with E-state index >= 15 is 0 Å². The molecule has 0 fully saturated rings. The summed E-state index contributed by atoms with van der Waals surface area (Å²) in [5, 5.41) is 2.53. The molecule has 1 rings (SSSR count). The monoisotopic (exact) mass is 307 g/mol. The van der Waals surface area contributed by atoms with Gasteiger partial charge in [-0.15, -0.1) is 0 Å². The first-order valence-electron chi connectivity index (χ1n) is 7.09. The van der Waals surface area contributed by atoms with E-state index in [1.165, 1.54) is 7.11 Å². The van der Waals surface area contributed by atoms with E-state index in [0.717, 1.165) is 0 Å². The van der Waals surface area contributed by atoms with Gasteiger partial charge in [0.2, 0.25) is 0 Å². The molecule has 0 spiro atoms. The third-order valence-electron chi connectivity index (χ3n) is 3.33. The fourth-order valence-corrected chi connectivity index (χ4v) is 1.80. The van der Waals surface area contributed by atoms with Crippen LogP contribution in [0.3, 0.4) is 0 Å². The lowest BCUT2D eigenvalue weighted by molar-refractivity contribution is -0.147. The maximum absolute atomic E-state index is 11.8. The van der Waals surface area contributed by atoms with Crippen molar-refractivity contribution < 1.29 is 23.9 Å². The zero-order valence-corrected chi connectivity index (χ0v) is 13.0. The Morgan fingerprint density at radius 1 is 1.18 bits per heavy atom. The Kier molecular flexibility index (Phi) is 7.08. The molecule has 0 aliphatic heterocycles. The number of nitrogens with one attached hydrogen (secondary N) is 1. The quantitative estimate of drug-likeness (QED) is 0.773. The standard InChI is InChI=1S/C16H21NO5/c1-4-11(2)14(16(20)21-3)17-13(18)10-22-15(19)12-8-6-5-7-9-12/h5-9,11,14H,4,10H2,1-3H3,(H,17,18)/t11-,14-/m0/s1. The lowest BCUT2D eigenvalue weighted by Crippen LogP contribution is -2.47. The van der Waals surface area contributed by atoms with Crippen LogP contribution < -0.4 is 5.32 Å². The molecule has 2 atom stereocenters. The van der Waals surface area contributed by atoms with Gasteiger partial charge in [-0.05, 0) is 18.1 Å². The van der Waals surface area contributed by atoms with Crippen molar-refractivity contribution in [3.8, 4) is 0 Å². The molecule has 1 aromatic carbocycles. The van der Waals surface area contributed by atoms with Crippen LogP contribution in [-0.4, -0.2) is 37.6 Å². The Labute approximate surface area is 129 Å². The Hall–Kier alpha value is -2.37. The summed E-state index contributed by atoms with van der Waals surface area (Å²) in [7, 11) is 1.26. The predicted octanol–water partition coefficient (Wildman–Crippen LogP) is 1.55. The van der Waals surface area contributed by atoms with Gasteiger partial charge in [0.1, 0.15) is 6.04 Å². The van der Waals surface area contributed by atoms with Gasteiger partial charge in [-0.3, -0.25) is 4.79 Å². The Morgan fingerprint density at radius 3 is 2.36 bits per heavy atom. The molecule has 0 saturated heterocycles. The largest absolute Gasteiger partial charge is 0.467 e. The van der Waals surface area contributed by atoms with E-state index in [9.17, 15) is 14.4 Å². The number of esters is 2. The molecule has 0 aromatic heterocycles. The molecule has 1 amide bonds.